The number of aromatic amines is 1. The SMILES string of the molecule is COC(=O)c1[nH]c2cc(OC)c(OC)cc2c1-c1ccc(F)cc1. The van der Waals surface area contributed by atoms with Crippen molar-refractivity contribution in [3.8, 4) is 22.6 Å². The molecule has 3 aromatic rings. The van der Waals surface area contributed by atoms with Gasteiger partial charge in [-0.2, -0.15) is 0 Å². The van der Waals surface area contributed by atoms with Crippen LogP contribution in [0.15, 0.2) is 36.4 Å². The van der Waals surface area contributed by atoms with E-state index < -0.39 is 5.97 Å². The minimum atomic E-state index is -0.511. The first-order valence-corrected chi connectivity index (χ1v) is 7.21. The number of aromatic nitrogens is 1. The number of methoxy groups -OCH3 is 3. The van der Waals surface area contributed by atoms with E-state index in [4.69, 9.17) is 14.2 Å². The Morgan fingerprint density at radius 1 is 1.00 bits per heavy atom. The monoisotopic (exact) mass is 329 g/mol. The van der Waals surface area contributed by atoms with Crippen molar-refractivity contribution < 1.29 is 23.4 Å². The zero-order valence-electron chi connectivity index (χ0n) is 13.5. The van der Waals surface area contributed by atoms with E-state index in [0.717, 1.165) is 5.39 Å². The molecule has 0 unspecified atom stereocenters. The first-order chi connectivity index (χ1) is 11.6. The van der Waals surface area contributed by atoms with Crippen molar-refractivity contribution in [3.05, 3.63) is 47.9 Å². The van der Waals surface area contributed by atoms with Gasteiger partial charge >= 0.3 is 5.97 Å². The molecule has 2 aromatic carbocycles. The lowest BCUT2D eigenvalue weighted by atomic mass is 10.0. The number of hydrogen-bond acceptors (Lipinski definition) is 4. The Bertz CT molecular complexity index is 900. The van der Waals surface area contributed by atoms with Gasteiger partial charge < -0.3 is 19.2 Å². The largest absolute Gasteiger partial charge is 0.493 e. The summed E-state index contributed by atoms with van der Waals surface area (Å²) in [5, 5.41) is 0.750. The third kappa shape index (κ3) is 2.56. The summed E-state index contributed by atoms with van der Waals surface area (Å²) in [7, 11) is 4.38. The van der Waals surface area contributed by atoms with Gasteiger partial charge in [-0.15, -0.1) is 0 Å². The van der Waals surface area contributed by atoms with E-state index in [1.807, 2.05) is 0 Å². The van der Waals surface area contributed by atoms with E-state index in [1.165, 1.54) is 33.5 Å². The Kier molecular flexibility index (Phi) is 4.12. The topological polar surface area (TPSA) is 60.6 Å². The highest BCUT2D eigenvalue weighted by molar-refractivity contribution is 6.08. The van der Waals surface area contributed by atoms with Gasteiger partial charge in [-0.25, -0.2) is 9.18 Å². The number of H-pyrrole nitrogens is 1. The fourth-order valence-electron chi connectivity index (χ4n) is 2.69. The maximum absolute atomic E-state index is 13.2. The Labute approximate surface area is 138 Å². The van der Waals surface area contributed by atoms with Crippen molar-refractivity contribution >= 4 is 16.9 Å². The van der Waals surface area contributed by atoms with Crippen LogP contribution in [0.2, 0.25) is 0 Å². The Hall–Kier alpha value is -3.02. The zero-order chi connectivity index (χ0) is 17.3. The van der Waals surface area contributed by atoms with Crippen LogP contribution in [0.3, 0.4) is 0 Å². The number of carbonyl (C=O) groups is 1. The number of fused-ring (bicyclic) bond motifs is 1. The molecule has 6 heteroatoms. The number of ether oxygens (including phenoxy) is 3. The van der Waals surface area contributed by atoms with Crippen LogP contribution >= 0.6 is 0 Å². The molecule has 1 N–H and O–H groups in total. The van der Waals surface area contributed by atoms with Crippen LogP contribution in [-0.4, -0.2) is 32.3 Å². The molecular weight excluding hydrogens is 313 g/mol. The molecule has 24 heavy (non-hydrogen) atoms. The zero-order valence-corrected chi connectivity index (χ0v) is 13.5. The molecule has 0 fully saturated rings. The second kappa shape index (κ2) is 6.23. The molecule has 3 rings (SSSR count). The molecule has 0 spiro atoms. The van der Waals surface area contributed by atoms with Crippen LogP contribution in [0.5, 0.6) is 11.5 Å². The van der Waals surface area contributed by atoms with Crippen molar-refractivity contribution in [2.24, 2.45) is 0 Å². The number of carbonyl (C=O) groups excluding carboxylic acids is 1. The molecular formula is C18H16FNO4. The van der Waals surface area contributed by atoms with Crippen LogP contribution in [0.4, 0.5) is 4.39 Å². The van der Waals surface area contributed by atoms with Crippen LogP contribution in [0.1, 0.15) is 10.5 Å². The lowest BCUT2D eigenvalue weighted by Gasteiger charge is -2.08. The summed E-state index contributed by atoms with van der Waals surface area (Å²) in [6.07, 6.45) is 0. The normalized spacial score (nSPS) is 10.7. The second-order valence-electron chi connectivity index (χ2n) is 5.13. The molecule has 0 aliphatic rings. The van der Waals surface area contributed by atoms with Gasteiger partial charge in [0.2, 0.25) is 0 Å². The number of nitrogens with one attached hydrogen (secondary N) is 1. The van der Waals surface area contributed by atoms with E-state index in [1.54, 1.807) is 24.3 Å². The van der Waals surface area contributed by atoms with E-state index in [0.29, 0.717) is 28.1 Å². The molecule has 0 amide bonds. The Morgan fingerprint density at radius 2 is 1.62 bits per heavy atom. The average molecular weight is 329 g/mol. The number of hydrogen-bond donors (Lipinski definition) is 1. The van der Waals surface area contributed by atoms with E-state index >= 15 is 0 Å². The smallest absolute Gasteiger partial charge is 0.355 e. The molecule has 0 radical (unpaired) electrons. The maximum Gasteiger partial charge on any atom is 0.355 e. The minimum Gasteiger partial charge on any atom is -0.493 e. The summed E-state index contributed by atoms with van der Waals surface area (Å²) < 4.78 is 28.7. The lowest BCUT2D eigenvalue weighted by molar-refractivity contribution is 0.0596. The average Bonchev–Trinajstić information content (AvgIpc) is 2.98. The molecule has 1 heterocycles. The van der Waals surface area contributed by atoms with Crippen molar-refractivity contribution in [1.29, 1.82) is 0 Å². The van der Waals surface area contributed by atoms with Crippen molar-refractivity contribution in [2.45, 2.75) is 0 Å². The fraction of sp³-hybridized carbons (Fsp3) is 0.167. The van der Waals surface area contributed by atoms with Crippen LogP contribution in [0.25, 0.3) is 22.0 Å². The molecule has 0 atom stereocenters. The molecule has 0 saturated heterocycles. The van der Waals surface area contributed by atoms with E-state index in [9.17, 15) is 9.18 Å². The fourth-order valence-corrected chi connectivity index (χ4v) is 2.69. The summed E-state index contributed by atoms with van der Waals surface area (Å²) in [6.45, 7) is 0. The molecule has 0 bridgehead atoms. The Balaban J connectivity index is 2.34. The van der Waals surface area contributed by atoms with Gasteiger partial charge in [-0.05, 0) is 23.8 Å². The molecule has 0 aliphatic carbocycles. The third-order valence-electron chi connectivity index (χ3n) is 3.83. The number of benzene rings is 2. The standard InChI is InChI=1S/C18H16FNO4/c1-22-14-8-12-13(9-15(14)23-2)20-17(18(21)24-3)16(12)10-4-6-11(19)7-5-10/h4-9,20H,1-3H3. The van der Waals surface area contributed by atoms with Crippen LogP contribution < -0.4 is 9.47 Å². The molecule has 1 aromatic heterocycles. The van der Waals surface area contributed by atoms with Gasteiger partial charge in [-0.1, -0.05) is 12.1 Å². The third-order valence-corrected chi connectivity index (χ3v) is 3.83. The van der Waals surface area contributed by atoms with Gasteiger partial charge in [0.15, 0.2) is 11.5 Å². The summed E-state index contributed by atoms with van der Waals surface area (Å²) in [4.78, 5) is 15.2. The minimum absolute atomic E-state index is 0.286. The number of esters is 1. The molecule has 124 valence electrons. The highest BCUT2D eigenvalue weighted by Gasteiger charge is 2.21. The number of rotatable bonds is 4. The molecule has 0 aliphatic heterocycles. The summed E-state index contributed by atoms with van der Waals surface area (Å²) in [5.41, 5.74) is 2.29. The van der Waals surface area contributed by atoms with Gasteiger partial charge in [-0.3, -0.25) is 0 Å². The Morgan fingerprint density at radius 3 is 2.21 bits per heavy atom. The first-order valence-electron chi connectivity index (χ1n) is 7.21. The van der Waals surface area contributed by atoms with E-state index in [2.05, 4.69) is 4.98 Å². The lowest BCUT2D eigenvalue weighted by Crippen LogP contribution is -2.03. The summed E-state index contributed by atoms with van der Waals surface area (Å²) in [6, 6.07) is 9.43. The quantitative estimate of drug-likeness (QED) is 0.740. The maximum atomic E-state index is 13.2. The van der Waals surface area contributed by atoms with Gasteiger partial charge in [0.1, 0.15) is 11.5 Å². The van der Waals surface area contributed by atoms with E-state index in [-0.39, 0.29) is 11.5 Å². The summed E-state index contributed by atoms with van der Waals surface area (Å²) in [5.74, 6) is 0.206. The van der Waals surface area contributed by atoms with Crippen LogP contribution in [-0.2, 0) is 4.74 Å². The highest BCUT2D eigenvalue weighted by Crippen LogP contribution is 2.39. The van der Waals surface area contributed by atoms with Gasteiger partial charge in [0.05, 0.1) is 26.8 Å². The summed E-state index contributed by atoms with van der Waals surface area (Å²) >= 11 is 0. The van der Waals surface area contributed by atoms with Crippen molar-refractivity contribution in [3.63, 3.8) is 0 Å². The first kappa shape index (κ1) is 15.9. The molecule has 0 saturated carbocycles. The highest BCUT2D eigenvalue weighted by atomic mass is 19.1. The predicted molar refractivity (Wildman–Crippen MR) is 88.1 cm³/mol. The molecule has 5 nitrogen and oxygen atoms in total. The van der Waals surface area contributed by atoms with Crippen molar-refractivity contribution in [2.75, 3.05) is 21.3 Å². The number of halogens is 1. The van der Waals surface area contributed by atoms with Crippen LogP contribution in [0, 0.1) is 5.82 Å². The second-order valence-corrected chi connectivity index (χ2v) is 5.13. The predicted octanol–water partition coefficient (Wildman–Crippen LogP) is 3.78. The van der Waals surface area contributed by atoms with Gasteiger partial charge in [0.25, 0.3) is 0 Å². The van der Waals surface area contributed by atoms with Crippen molar-refractivity contribution in [1.82, 2.24) is 4.98 Å². The van der Waals surface area contributed by atoms with Gasteiger partial charge in [0, 0.05) is 17.0 Å².